The van der Waals surface area contributed by atoms with Gasteiger partial charge in [-0.2, -0.15) is 0 Å². The van der Waals surface area contributed by atoms with Crippen LogP contribution in [0.25, 0.3) is 0 Å². The molecule has 1 aliphatic heterocycles. The molecule has 1 heterocycles. The fraction of sp³-hybridized carbons (Fsp3) is 1.00. The van der Waals surface area contributed by atoms with Crippen molar-refractivity contribution in [3.63, 3.8) is 0 Å². The minimum atomic E-state index is -0.541. The highest BCUT2D eigenvalue weighted by molar-refractivity contribution is 4.77. The Bertz CT molecular complexity index is 127. The van der Waals surface area contributed by atoms with Gasteiger partial charge in [-0.05, 0) is 33.9 Å². The van der Waals surface area contributed by atoms with Gasteiger partial charge in [-0.15, -0.1) is 0 Å². The number of rotatable bonds is 1. The van der Waals surface area contributed by atoms with Gasteiger partial charge in [0, 0.05) is 6.04 Å². The van der Waals surface area contributed by atoms with Gasteiger partial charge in [-0.25, -0.2) is 0 Å². The van der Waals surface area contributed by atoms with Gasteiger partial charge in [0.05, 0.1) is 6.10 Å². The number of hydrogen-bond acceptors (Lipinski definition) is 3. The Hall–Kier alpha value is -0.120. The highest BCUT2D eigenvalue weighted by Gasteiger charge is 2.27. The second-order valence-corrected chi connectivity index (χ2v) is 3.40. The lowest BCUT2D eigenvalue weighted by Crippen LogP contribution is -2.44. The number of aliphatic hydroxyl groups excluding tert-OH is 1. The molecule has 0 unspecified atom stereocenters. The first-order valence-corrected chi connectivity index (χ1v) is 4.11. The summed E-state index contributed by atoms with van der Waals surface area (Å²) in [7, 11) is 4.09. The van der Waals surface area contributed by atoms with Crippen molar-refractivity contribution < 1.29 is 9.84 Å². The molecule has 0 spiro atoms. The Kier molecular flexibility index (Phi) is 2.87. The second kappa shape index (κ2) is 3.52. The van der Waals surface area contributed by atoms with Crippen LogP contribution in [0.3, 0.4) is 0 Å². The Labute approximate surface area is 68.0 Å². The Morgan fingerprint density at radius 2 is 2.00 bits per heavy atom. The van der Waals surface area contributed by atoms with Gasteiger partial charge in [-0.3, -0.25) is 0 Å². The van der Waals surface area contributed by atoms with Gasteiger partial charge in [-0.1, -0.05) is 0 Å². The van der Waals surface area contributed by atoms with Gasteiger partial charge >= 0.3 is 0 Å². The van der Waals surface area contributed by atoms with Crippen molar-refractivity contribution in [1.82, 2.24) is 4.90 Å². The first-order valence-electron chi connectivity index (χ1n) is 4.11. The van der Waals surface area contributed by atoms with E-state index in [2.05, 4.69) is 4.90 Å². The molecular weight excluding hydrogens is 142 g/mol. The number of aliphatic hydroxyl groups is 1. The molecule has 3 atom stereocenters. The van der Waals surface area contributed by atoms with Crippen molar-refractivity contribution in [1.29, 1.82) is 0 Å². The molecule has 0 aromatic carbocycles. The molecule has 0 aromatic heterocycles. The first kappa shape index (κ1) is 8.97. The average molecular weight is 159 g/mol. The SMILES string of the molecule is C[C@@H]1O[C@H](O)CC[C@H]1N(C)C. The lowest BCUT2D eigenvalue weighted by Gasteiger charge is -2.36. The number of likely N-dealkylation sites (N-methyl/N-ethyl adjacent to an activating group) is 1. The molecule has 1 N–H and O–H groups in total. The van der Waals surface area contributed by atoms with E-state index >= 15 is 0 Å². The normalized spacial score (nSPS) is 39.5. The van der Waals surface area contributed by atoms with Gasteiger partial charge in [0.1, 0.15) is 0 Å². The Balaban J connectivity index is 2.44. The van der Waals surface area contributed by atoms with E-state index in [4.69, 9.17) is 9.84 Å². The maximum absolute atomic E-state index is 9.14. The van der Waals surface area contributed by atoms with Crippen molar-refractivity contribution in [2.24, 2.45) is 0 Å². The maximum atomic E-state index is 9.14. The van der Waals surface area contributed by atoms with Crippen LogP contribution in [0.2, 0.25) is 0 Å². The van der Waals surface area contributed by atoms with Crippen LogP contribution < -0.4 is 0 Å². The molecule has 0 aromatic rings. The van der Waals surface area contributed by atoms with Crippen molar-refractivity contribution in [3.05, 3.63) is 0 Å². The molecule has 11 heavy (non-hydrogen) atoms. The quantitative estimate of drug-likeness (QED) is 0.602. The van der Waals surface area contributed by atoms with Gasteiger partial charge in [0.25, 0.3) is 0 Å². The van der Waals surface area contributed by atoms with Crippen LogP contribution in [-0.2, 0) is 4.74 Å². The van der Waals surface area contributed by atoms with Gasteiger partial charge < -0.3 is 14.7 Å². The summed E-state index contributed by atoms with van der Waals surface area (Å²) in [5, 5.41) is 9.14. The van der Waals surface area contributed by atoms with Crippen LogP contribution in [0.1, 0.15) is 19.8 Å². The first-order chi connectivity index (χ1) is 5.11. The second-order valence-electron chi connectivity index (χ2n) is 3.40. The predicted octanol–water partition coefficient (Wildman–Crippen LogP) is 0.434. The number of hydrogen-bond donors (Lipinski definition) is 1. The van der Waals surface area contributed by atoms with E-state index < -0.39 is 6.29 Å². The minimum absolute atomic E-state index is 0.147. The van der Waals surface area contributed by atoms with E-state index in [0.29, 0.717) is 6.04 Å². The molecule has 1 aliphatic rings. The highest BCUT2D eigenvalue weighted by atomic mass is 16.6. The monoisotopic (exact) mass is 159 g/mol. The molecule has 66 valence electrons. The summed E-state index contributed by atoms with van der Waals surface area (Å²) in [4.78, 5) is 2.15. The van der Waals surface area contributed by atoms with Crippen molar-refractivity contribution >= 4 is 0 Å². The smallest absolute Gasteiger partial charge is 0.155 e. The predicted molar refractivity (Wildman–Crippen MR) is 43.3 cm³/mol. The third-order valence-electron chi connectivity index (χ3n) is 2.29. The molecule has 3 nitrogen and oxygen atoms in total. The number of ether oxygens (including phenoxy) is 1. The third kappa shape index (κ3) is 2.15. The highest BCUT2D eigenvalue weighted by Crippen LogP contribution is 2.20. The fourth-order valence-corrected chi connectivity index (χ4v) is 1.63. The standard InChI is InChI=1S/C8H17NO2/c1-6-7(9(2)3)4-5-8(10)11-6/h6-8,10H,4-5H2,1-3H3/t6-,7+,8-/m0/s1. The topological polar surface area (TPSA) is 32.7 Å². The van der Waals surface area contributed by atoms with Gasteiger partial charge in [0.15, 0.2) is 6.29 Å². The summed E-state index contributed by atoms with van der Waals surface area (Å²) in [6.07, 6.45) is 1.39. The van der Waals surface area contributed by atoms with Crippen LogP contribution in [0.4, 0.5) is 0 Å². The van der Waals surface area contributed by atoms with E-state index in [1.165, 1.54) is 0 Å². The van der Waals surface area contributed by atoms with Crippen LogP contribution in [-0.4, -0.2) is 42.5 Å². The lowest BCUT2D eigenvalue weighted by molar-refractivity contribution is -0.177. The summed E-state index contributed by atoms with van der Waals surface area (Å²) in [5.41, 5.74) is 0. The zero-order valence-corrected chi connectivity index (χ0v) is 7.45. The zero-order chi connectivity index (χ0) is 8.43. The molecule has 0 radical (unpaired) electrons. The van der Waals surface area contributed by atoms with E-state index in [0.717, 1.165) is 12.8 Å². The summed E-state index contributed by atoms with van der Waals surface area (Å²) in [5.74, 6) is 0. The maximum Gasteiger partial charge on any atom is 0.155 e. The van der Waals surface area contributed by atoms with Crippen LogP contribution in [0.5, 0.6) is 0 Å². The lowest BCUT2D eigenvalue weighted by atomic mass is 10.0. The Morgan fingerprint density at radius 1 is 1.36 bits per heavy atom. The zero-order valence-electron chi connectivity index (χ0n) is 7.45. The molecule has 0 aliphatic carbocycles. The molecule has 0 bridgehead atoms. The van der Waals surface area contributed by atoms with E-state index in [1.807, 2.05) is 21.0 Å². The summed E-state index contributed by atoms with van der Waals surface area (Å²) < 4.78 is 5.27. The van der Waals surface area contributed by atoms with E-state index in [1.54, 1.807) is 0 Å². The Morgan fingerprint density at radius 3 is 2.45 bits per heavy atom. The fourth-order valence-electron chi connectivity index (χ4n) is 1.63. The summed E-state index contributed by atoms with van der Waals surface area (Å²) in [6.45, 7) is 2.01. The summed E-state index contributed by atoms with van der Waals surface area (Å²) in [6, 6.07) is 0.457. The largest absolute Gasteiger partial charge is 0.368 e. The van der Waals surface area contributed by atoms with Crippen LogP contribution in [0, 0.1) is 0 Å². The van der Waals surface area contributed by atoms with Crippen molar-refractivity contribution in [3.8, 4) is 0 Å². The van der Waals surface area contributed by atoms with E-state index in [-0.39, 0.29) is 6.10 Å². The molecule has 1 fully saturated rings. The molecule has 0 amide bonds. The van der Waals surface area contributed by atoms with E-state index in [9.17, 15) is 0 Å². The van der Waals surface area contributed by atoms with Crippen LogP contribution in [0.15, 0.2) is 0 Å². The molecule has 0 saturated carbocycles. The van der Waals surface area contributed by atoms with Gasteiger partial charge in [0.2, 0.25) is 0 Å². The van der Waals surface area contributed by atoms with Crippen molar-refractivity contribution in [2.45, 2.75) is 38.2 Å². The molecule has 1 rings (SSSR count). The molecule has 3 heteroatoms. The third-order valence-corrected chi connectivity index (χ3v) is 2.29. The number of nitrogens with zero attached hydrogens (tertiary/aromatic N) is 1. The van der Waals surface area contributed by atoms with Crippen molar-refractivity contribution in [2.75, 3.05) is 14.1 Å². The minimum Gasteiger partial charge on any atom is -0.368 e. The molecular formula is C8H17NO2. The summed E-state index contributed by atoms with van der Waals surface area (Å²) >= 11 is 0. The average Bonchev–Trinajstić information content (AvgIpc) is 1.85. The van der Waals surface area contributed by atoms with Crippen LogP contribution >= 0.6 is 0 Å². The molecule has 1 saturated heterocycles.